The summed E-state index contributed by atoms with van der Waals surface area (Å²) in [7, 11) is 1.67. The number of hydrogen-bond donors (Lipinski definition) is 0. The molecule has 0 amide bonds. The van der Waals surface area contributed by atoms with Crippen molar-refractivity contribution in [2.45, 2.75) is 26.1 Å². The van der Waals surface area contributed by atoms with E-state index < -0.39 is 0 Å². The van der Waals surface area contributed by atoms with E-state index in [1.807, 2.05) is 24.3 Å². The van der Waals surface area contributed by atoms with Crippen LogP contribution in [0.15, 0.2) is 24.3 Å². The molecule has 18 heavy (non-hydrogen) atoms. The number of hydrogen-bond acceptors (Lipinski definition) is 3. The first-order valence-electron chi connectivity index (χ1n) is 6.19. The second kappa shape index (κ2) is 5.67. The van der Waals surface area contributed by atoms with Gasteiger partial charge < -0.3 is 14.4 Å². The van der Waals surface area contributed by atoms with E-state index in [0.29, 0.717) is 0 Å². The summed E-state index contributed by atoms with van der Waals surface area (Å²) in [6.07, 6.45) is 0.454. The Labute approximate surface area is 114 Å². The summed E-state index contributed by atoms with van der Waals surface area (Å²) in [5.74, 6) is 0.852. The van der Waals surface area contributed by atoms with E-state index in [0.717, 1.165) is 29.4 Å². The highest BCUT2D eigenvalue weighted by molar-refractivity contribution is 7.80. The number of methoxy groups -OCH3 is 1. The maximum Gasteiger partial charge on any atom is 0.118 e. The summed E-state index contributed by atoms with van der Waals surface area (Å²) in [6.45, 7) is 5.88. The van der Waals surface area contributed by atoms with E-state index in [4.69, 9.17) is 21.7 Å². The van der Waals surface area contributed by atoms with Gasteiger partial charge in [0.25, 0.3) is 0 Å². The average Bonchev–Trinajstić information content (AvgIpc) is 2.37. The minimum Gasteiger partial charge on any atom is -0.497 e. The average molecular weight is 265 g/mol. The molecule has 2 atom stereocenters. The number of thiocarbonyl (C=S) groups is 1. The fourth-order valence-corrected chi connectivity index (χ4v) is 2.55. The van der Waals surface area contributed by atoms with Crippen molar-refractivity contribution >= 4 is 17.2 Å². The Bertz CT molecular complexity index is 408. The van der Waals surface area contributed by atoms with E-state index in [-0.39, 0.29) is 12.2 Å². The minimum atomic E-state index is 0.227. The zero-order chi connectivity index (χ0) is 13.1. The molecule has 0 N–H and O–H groups in total. The lowest BCUT2D eigenvalue weighted by Gasteiger charge is -2.37. The zero-order valence-corrected chi connectivity index (χ0v) is 11.9. The number of nitrogens with zero attached hydrogens (tertiary/aromatic N) is 1. The Morgan fingerprint density at radius 2 is 1.78 bits per heavy atom. The molecule has 3 nitrogen and oxygen atoms in total. The van der Waals surface area contributed by atoms with Crippen LogP contribution < -0.4 is 4.74 Å². The SMILES string of the molecule is COc1ccc(C(=S)N2C[C@@H](C)O[C@@H](C)C2)cc1. The fraction of sp³-hybridized carbons (Fsp3) is 0.500. The number of morpholine rings is 1. The highest BCUT2D eigenvalue weighted by atomic mass is 32.1. The molecular formula is C14H19NO2S. The van der Waals surface area contributed by atoms with Gasteiger partial charge in [-0.15, -0.1) is 0 Å². The molecule has 4 heteroatoms. The van der Waals surface area contributed by atoms with Gasteiger partial charge in [0, 0.05) is 18.7 Å². The minimum absolute atomic E-state index is 0.227. The maximum absolute atomic E-state index is 5.72. The van der Waals surface area contributed by atoms with Gasteiger partial charge in [0.2, 0.25) is 0 Å². The summed E-state index contributed by atoms with van der Waals surface area (Å²) in [6, 6.07) is 7.89. The number of ether oxygens (including phenoxy) is 2. The van der Waals surface area contributed by atoms with Crippen LogP contribution in [0.1, 0.15) is 19.4 Å². The van der Waals surface area contributed by atoms with Crippen LogP contribution in [0.4, 0.5) is 0 Å². The van der Waals surface area contributed by atoms with Crippen LogP contribution >= 0.6 is 12.2 Å². The smallest absolute Gasteiger partial charge is 0.118 e. The van der Waals surface area contributed by atoms with E-state index in [1.165, 1.54) is 0 Å². The van der Waals surface area contributed by atoms with E-state index in [9.17, 15) is 0 Å². The molecule has 0 unspecified atom stereocenters. The lowest BCUT2D eigenvalue weighted by molar-refractivity contribution is -0.0472. The van der Waals surface area contributed by atoms with Crippen LogP contribution in [-0.2, 0) is 4.74 Å². The van der Waals surface area contributed by atoms with Crippen molar-refractivity contribution in [1.82, 2.24) is 4.90 Å². The van der Waals surface area contributed by atoms with E-state index >= 15 is 0 Å². The van der Waals surface area contributed by atoms with Gasteiger partial charge in [-0.2, -0.15) is 0 Å². The third-order valence-corrected chi connectivity index (χ3v) is 3.54. The molecule has 0 aromatic heterocycles. The van der Waals surface area contributed by atoms with Crippen molar-refractivity contribution in [2.24, 2.45) is 0 Å². The van der Waals surface area contributed by atoms with Crippen molar-refractivity contribution in [3.8, 4) is 5.75 Å². The number of benzene rings is 1. The third-order valence-electron chi connectivity index (χ3n) is 3.04. The molecule has 2 rings (SSSR count). The van der Waals surface area contributed by atoms with E-state index in [2.05, 4.69) is 18.7 Å². The first-order valence-corrected chi connectivity index (χ1v) is 6.59. The van der Waals surface area contributed by atoms with Gasteiger partial charge in [0.1, 0.15) is 10.7 Å². The Balaban J connectivity index is 2.09. The number of rotatable bonds is 2. The second-order valence-corrected chi connectivity index (χ2v) is 5.08. The largest absolute Gasteiger partial charge is 0.497 e. The Kier molecular flexibility index (Phi) is 4.19. The van der Waals surface area contributed by atoms with Crippen LogP contribution in [0.5, 0.6) is 5.75 Å². The topological polar surface area (TPSA) is 21.7 Å². The van der Waals surface area contributed by atoms with Crippen LogP contribution in [-0.4, -0.2) is 42.3 Å². The molecule has 1 aliphatic heterocycles. The Hall–Kier alpha value is -1.13. The van der Waals surface area contributed by atoms with Gasteiger partial charge in [-0.1, -0.05) is 12.2 Å². The summed E-state index contributed by atoms with van der Waals surface area (Å²) in [4.78, 5) is 3.11. The lowest BCUT2D eigenvalue weighted by Crippen LogP contribution is -2.47. The van der Waals surface area contributed by atoms with Crippen LogP contribution in [0.3, 0.4) is 0 Å². The Morgan fingerprint density at radius 1 is 1.22 bits per heavy atom. The standard InChI is InChI=1S/C14H19NO2S/c1-10-8-15(9-11(2)17-10)14(18)12-4-6-13(16-3)7-5-12/h4-7,10-11H,8-9H2,1-3H3/t10-,11+. The molecule has 1 saturated heterocycles. The normalized spacial score (nSPS) is 23.8. The van der Waals surface area contributed by atoms with Gasteiger partial charge in [-0.3, -0.25) is 0 Å². The van der Waals surface area contributed by atoms with Crippen molar-refractivity contribution in [1.29, 1.82) is 0 Å². The van der Waals surface area contributed by atoms with Crippen LogP contribution in [0.25, 0.3) is 0 Å². The van der Waals surface area contributed by atoms with Gasteiger partial charge in [-0.25, -0.2) is 0 Å². The van der Waals surface area contributed by atoms with Gasteiger partial charge in [0.15, 0.2) is 0 Å². The van der Waals surface area contributed by atoms with Crippen molar-refractivity contribution < 1.29 is 9.47 Å². The van der Waals surface area contributed by atoms with Crippen molar-refractivity contribution in [2.75, 3.05) is 20.2 Å². The first-order chi connectivity index (χ1) is 8.60. The first kappa shape index (κ1) is 13.3. The predicted molar refractivity (Wildman–Crippen MR) is 76.3 cm³/mol. The van der Waals surface area contributed by atoms with Crippen LogP contribution in [0, 0.1) is 0 Å². The third kappa shape index (κ3) is 3.00. The summed E-state index contributed by atoms with van der Waals surface area (Å²) >= 11 is 5.56. The molecule has 1 aliphatic rings. The highest BCUT2D eigenvalue weighted by Crippen LogP contribution is 2.17. The van der Waals surface area contributed by atoms with Crippen molar-refractivity contribution in [3.05, 3.63) is 29.8 Å². The summed E-state index contributed by atoms with van der Waals surface area (Å²) in [5.41, 5.74) is 1.06. The van der Waals surface area contributed by atoms with Gasteiger partial charge in [-0.05, 0) is 38.1 Å². The molecule has 1 aromatic carbocycles. The molecule has 1 fully saturated rings. The van der Waals surface area contributed by atoms with Crippen LogP contribution in [0.2, 0.25) is 0 Å². The summed E-state index contributed by atoms with van der Waals surface area (Å²) < 4.78 is 10.9. The lowest BCUT2D eigenvalue weighted by atomic mass is 10.1. The molecular weight excluding hydrogens is 246 g/mol. The molecule has 0 saturated carbocycles. The van der Waals surface area contributed by atoms with Crippen molar-refractivity contribution in [3.63, 3.8) is 0 Å². The molecule has 0 bridgehead atoms. The molecule has 1 heterocycles. The van der Waals surface area contributed by atoms with E-state index in [1.54, 1.807) is 7.11 Å². The second-order valence-electron chi connectivity index (χ2n) is 4.70. The molecule has 98 valence electrons. The quantitative estimate of drug-likeness (QED) is 0.766. The molecule has 1 aromatic rings. The van der Waals surface area contributed by atoms with Gasteiger partial charge >= 0.3 is 0 Å². The summed E-state index contributed by atoms with van der Waals surface area (Å²) in [5, 5.41) is 0. The molecule has 0 aliphatic carbocycles. The zero-order valence-electron chi connectivity index (χ0n) is 11.1. The predicted octanol–water partition coefficient (Wildman–Crippen LogP) is 2.48. The molecule has 0 radical (unpaired) electrons. The monoisotopic (exact) mass is 265 g/mol. The Morgan fingerprint density at radius 3 is 2.28 bits per heavy atom. The maximum atomic E-state index is 5.72. The molecule has 0 spiro atoms. The highest BCUT2D eigenvalue weighted by Gasteiger charge is 2.24. The van der Waals surface area contributed by atoms with Gasteiger partial charge in [0.05, 0.1) is 19.3 Å². The fourth-order valence-electron chi connectivity index (χ4n) is 2.26.